The number of benzene rings is 1. The van der Waals surface area contributed by atoms with Gasteiger partial charge in [-0.2, -0.15) is 4.98 Å². The van der Waals surface area contributed by atoms with Crippen LogP contribution in [0.5, 0.6) is 0 Å². The first-order chi connectivity index (χ1) is 15.9. The predicted octanol–water partition coefficient (Wildman–Crippen LogP) is 4.78. The van der Waals surface area contributed by atoms with Crippen molar-refractivity contribution in [3.8, 4) is 11.3 Å². The van der Waals surface area contributed by atoms with Crippen molar-refractivity contribution >= 4 is 28.6 Å². The molecule has 0 aliphatic carbocycles. The van der Waals surface area contributed by atoms with E-state index in [-0.39, 0.29) is 6.10 Å². The molecule has 1 aromatic carbocycles. The largest absolute Gasteiger partial charge is 0.370 e. The number of hydrogen-bond acceptors (Lipinski definition) is 7. The fourth-order valence-corrected chi connectivity index (χ4v) is 4.02. The summed E-state index contributed by atoms with van der Waals surface area (Å²) in [7, 11) is 0. The molecule has 33 heavy (non-hydrogen) atoms. The molecule has 7 nitrogen and oxygen atoms in total. The van der Waals surface area contributed by atoms with E-state index in [1.54, 1.807) is 24.5 Å². The Hall–Kier alpha value is -3.23. The number of nitrogens with zero attached hydrogens (tertiary/aromatic N) is 6. The summed E-state index contributed by atoms with van der Waals surface area (Å²) in [5, 5.41) is 1.02. The lowest BCUT2D eigenvalue weighted by Gasteiger charge is -2.33. The molecular weight excluding hydrogens is 443 g/mol. The summed E-state index contributed by atoms with van der Waals surface area (Å²) in [6, 6.07) is 6.55. The molecule has 4 aromatic rings. The monoisotopic (exact) mass is 464 g/mol. The standard InChI is InChI=1S/C24H22ClFN6O/c1-13-8-19-22(18-5-4-17(25)9-20(18)26)30-24(31-23(19)29-14(13)2)32-6-7-33-21(12-32)16-10-27-15(3)28-11-16/h4-5,8-11,21H,6-7,12H2,1-3H3/t21-/m1/s1. The Kier molecular flexibility index (Phi) is 5.64. The highest BCUT2D eigenvalue weighted by Gasteiger charge is 2.26. The van der Waals surface area contributed by atoms with Gasteiger partial charge in [-0.15, -0.1) is 0 Å². The molecule has 0 unspecified atom stereocenters. The number of pyridine rings is 1. The summed E-state index contributed by atoms with van der Waals surface area (Å²) in [6.07, 6.45) is 3.34. The molecule has 0 radical (unpaired) electrons. The van der Waals surface area contributed by atoms with Crippen LogP contribution in [-0.4, -0.2) is 44.6 Å². The molecule has 0 bridgehead atoms. The van der Waals surface area contributed by atoms with Crippen LogP contribution in [-0.2, 0) is 4.74 Å². The number of hydrogen-bond donors (Lipinski definition) is 0. The van der Waals surface area contributed by atoms with Crippen molar-refractivity contribution < 1.29 is 9.13 Å². The number of aromatic nitrogens is 5. The van der Waals surface area contributed by atoms with Gasteiger partial charge in [-0.1, -0.05) is 11.6 Å². The van der Waals surface area contributed by atoms with Crippen LogP contribution >= 0.6 is 11.6 Å². The van der Waals surface area contributed by atoms with Crippen molar-refractivity contribution in [2.75, 3.05) is 24.6 Å². The molecule has 9 heteroatoms. The summed E-state index contributed by atoms with van der Waals surface area (Å²) in [5.74, 6) is 0.739. The minimum absolute atomic E-state index is 0.220. The van der Waals surface area contributed by atoms with E-state index in [4.69, 9.17) is 26.3 Å². The van der Waals surface area contributed by atoms with E-state index in [1.807, 2.05) is 31.7 Å². The predicted molar refractivity (Wildman–Crippen MR) is 125 cm³/mol. The minimum Gasteiger partial charge on any atom is -0.370 e. The number of ether oxygens (including phenoxy) is 1. The summed E-state index contributed by atoms with van der Waals surface area (Å²) < 4.78 is 20.9. The molecule has 1 aliphatic heterocycles. The molecule has 0 spiro atoms. The van der Waals surface area contributed by atoms with Crippen LogP contribution in [0.3, 0.4) is 0 Å². The van der Waals surface area contributed by atoms with Gasteiger partial charge in [0.25, 0.3) is 0 Å². The van der Waals surface area contributed by atoms with Crippen LogP contribution in [0.25, 0.3) is 22.3 Å². The second kappa shape index (κ2) is 8.61. The van der Waals surface area contributed by atoms with E-state index >= 15 is 0 Å². The van der Waals surface area contributed by atoms with Crippen LogP contribution in [0.1, 0.15) is 28.7 Å². The molecule has 1 saturated heterocycles. The van der Waals surface area contributed by atoms with Crippen LogP contribution in [0, 0.1) is 26.6 Å². The van der Waals surface area contributed by atoms with Gasteiger partial charge in [0.2, 0.25) is 5.95 Å². The molecule has 168 valence electrons. The molecule has 0 amide bonds. The highest BCUT2D eigenvalue weighted by molar-refractivity contribution is 6.30. The van der Waals surface area contributed by atoms with Crippen molar-refractivity contribution in [3.63, 3.8) is 0 Å². The van der Waals surface area contributed by atoms with Crippen molar-refractivity contribution in [3.05, 3.63) is 70.1 Å². The highest BCUT2D eigenvalue weighted by atomic mass is 35.5. The van der Waals surface area contributed by atoms with E-state index in [2.05, 4.69) is 15.0 Å². The van der Waals surface area contributed by atoms with Crippen molar-refractivity contribution in [2.24, 2.45) is 0 Å². The summed E-state index contributed by atoms with van der Waals surface area (Å²) in [4.78, 5) is 24.8. The first-order valence-electron chi connectivity index (χ1n) is 10.7. The smallest absolute Gasteiger partial charge is 0.228 e. The normalized spacial score (nSPS) is 16.4. The Labute approximate surface area is 195 Å². The molecule has 1 atom stereocenters. The molecular formula is C24H22ClFN6O. The SMILES string of the molecule is Cc1ncc([C@H]2CN(c3nc(-c4ccc(Cl)cc4F)c4cc(C)c(C)nc4n3)CCO2)cn1. The maximum Gasteiger partial charge on any atom is 0.228 e. The van der Waals surface area contributed by atoms with Crippen LogP contribution in [0.15, 0.2) is 36.7 Å². The molecule has 3 aromatic heterocycles. The molecule has 5 rings (SSSR count). The van der Waals surface area contributed by atoms with Crippen LogP contribution < -0.4 is 4.90 Å². The lowest BCUT2D eigenvalue weighted by atomic mass is 10.1. The van der Waals surface area contributed by atoms with E-state index in [0.29, 0.717) is 58.8 Å². The number of fused-ring (bicyclic) bond motifs is 1. The third-order valence-corrected chi connectivity index (χ3v) is 6.06. The van der Waals surface area contributed by atoms with E-state index in [9.17, 15) is 4.39 Å². The van der Waals surface area contributed by atoms with Gasteiger partial charge >= 0.3 is 0 Å². The average molecular weight is 465 g/mol. The van der Waals surface area contributed by atoms with Gasteiger partial charge in [-0.25, -0.2) is 24.3 Å². The average Bonchev–Trinajstić information content (AvgIpc) is 2.80. The summed E-state index contributed by atoms with van der Waals surface area (Å²) in [5.41, 5.74) is 4.11. The van der Waals surface area contributed by atoms with Crippen LogP contribution in [0.4, 0.5) is 10.3 Å². The second-order valence-electron chi connectivity index (χ2n) is 8.13. The lowest BCUT2D eigenvalue weighted by molar-refractivity contribution is 0.0388. The van der Waals surface area contributed by atoms with Gasteiger partial charge in [-0.05, 0) is 50.6 Å². The van der Waals surface area contributed by atoms with Gasteiger partial charge in [0.05, 0.1) is 18.8 Å². The number of halogens is 2. The van der Waals surface area contributed by atoms with Gasteiger partial charge in [0.1, 0.15) is 17.7 Å². The zero-order valence-corrected chi connectivity index (χ0v) is 19.3. The number of morpholine rings is 1. The Balaban J connectivity index is 1.61. The zero-order valence-electron chi connectivity index (χ0n) is 18.5. The maximum atomic E-state index is 14.9. The Morgan fingerprint density at radius 1 is 1.06 bits per heavy atom. The van der Waals surface area contributed by atoms with Gasteiger partial charge in [0, 0.05) is 46.2 Å². The Bertz CT molecular complexity index is 1350. The van der Waals surface area contributed by atoms with E-state index < -0.39 is 5.82 Å². The zero-order chi connectivity index (χ0) is 23.1. The summed E-state index contributed by atoms with van der Waals surface area (Å²) in [6.45, 7) is 7.35. The van der Waals surface area contributed by atoms with Gasteiger partial charge < -0.3 is 9.64 Å². The lowest BCUT2D eigenvalue weighted by Crippen LogP contribution is -2.39. The molecule has 4 heterocycles. The minimum atomic E-state index is -0.441. The summed E-state index contributed by atoms with van der Waals surface area (Å²) >= 11 is 5.99. The van der Waals surface area contributed by atoms with Gasteiger partial charge in [0.15, 0.2) is 5.65 Å². The molecule has 1 aliphatic rings. The topological polar surface area (TPSA) is 76.9 Å². The maximum absolute atomic E-state index is 14.9. The number of anilines is 1. The van der Waals surface area contributed by atoms with Crippen molar-refractivity contribution in [1.82, 2.24) is 24.9 Å². The third-order valence-electron chi connectivity index (χ3n) is 5.83. The number of aryl methyl sites for hydroxylation is 3. The molecule has 0 saturated carbocycles. The van der Waals surface area contributed by atoms with Crippen molar-refractivity contribution in [2.45, 2.75) is 26.9 Å². The first-order valence-corrected chi connectivity index (χ1v) is 11.0. The second-order valence-corrected chi connectivity index (χ2v) is 8.56. The van der Waals surface area contributed by atoms with Gasteiger partial charge in [-0.3, -0.25) is 0 Å². The van der Waals surface area contributed by atoms with Crippen LogP contribution in [0.2, 0.25) is 5.02 Å². The van der Waals surface area contributed by atoms with Crippen molar-refractivity contribution in [1.29, 1.82) is 0 Å². The highest BCUT2D eigenvalue weighted by Crippen LogP contribution is 2.33. The van der Waals surface area contributed by atoms with E-state index in [0.717, 1.165) is 16.8 Å². The third kappa shape index (κ3) is 4.24. The Morgan fingerprint density at radius 2 is 1.85 bits per heavy atom. The fraction of sp³-hybridized carbons (Fsp3) is 0.292. The molecule has 1 fully saturated rings. The molecule has 0 N–H and O–H groups in total. The number of rotatable bonds is 3. The fourth-order valence-electron chi connectivity index (χ4n) is 3.86. The Morgan fingerprint density at radius 3 is 2.61 bits per heavy atom. The quantitative estimate of drug-likeness (QED) is 0.432. The van der Waals surface area contributed by atoms with E-state index in [1.165, 1.54) is 6.07 Å². The first kappa shape index (κ1) is 21.6.